The highest BCUT2D eigenvalue weighted by molar-refractivity contribution is 14.1. The number of benzene rings is 2. The number of carbonyl (C=O) groups excluding carboxylic acids is 2. The Bertz CT molecular complexity index is 1030. The minimum absolute atomic E-state index is 0.168. The first-order chi connectivity index (χ1) is 14.5. The Labute approximate surface area is 205 Å². The maximum atomic E-state index is 13.3. The van der Waals surface area contributed by atoms with Crippen LogP contribution in [0.3, 0.4) is 0 Å². The van der Waals surface area contributed by atoms with Gasteiger partial charge in [0.2, 0.25) is 21.8 Å². The smallest absolute Gasteiger partial charge is 0.244 e. The van der Waals surface area contributed by atoms with E-state index >= 15 is 0 Å². The molecule has 0 spiro atoms. The van der Waals surface area contributed by atoms with Gasteiger partial charge in [-0.2, -0.15) is 0 Å². The van der Waals surface area contributed by atoms with Crippen LogP contribution in [0.25, 0.3) is 0 Å². The number of nitrogens with one attached hydrogen (secondary N) is 1. The lowest BCUT2D eigenvalue weighted by atomic mass is 10.1. The summed E-state index contributed by atoms with van der Waals surface area (Å²) in [6.45, 7) is 3.63. The Morgan fingerprint density at radius 3 is 2.35 bits per heavy atom. The van der Waals surface area contributed by atoms with E-state index in [2.05, 4.69) is 43.8 Å². The lowest BCUT2D eigenvalue weighted by Gasteiger charge is -2.31. The normalized spacial score (nSPS) is 12.2. The van der Waals surface area contributed by atoms with E-state index in [1.165, 1.54) is 4.90 Å². The second-order valence-electron chi connectivity index (χ2n) is 6.97. The quantitative estimate of drug-likeness (QED) is 0.435. The molecule has 31 heavy (non-hydrogen) atoms. The summed E-state index contributed by atoms with van der Waals surface area (Å²) in [5, 5.41) is 2.72. The molecule has 0 bridgehead atoms. The molecule has 2 amide bonds. The standard InChI is InChI=1S/C21H25BrIN3O4S/c1-4-24-21(28)15(2)25(13-16-6-5-7-17(22)12-16)20(27)14-26(31(3,29)30)19-10-8-18(23)9-11-19/h5-12,15H,4,13-14H2,1-3H3,(H,24,28)/t15-/m1/s1. The Hall–Kier alpha value is -1.66. The zero-order valence-corrected chi connectivity index (χ0v) is 22.1. The van der Waals surface area contributed by atoms with Crippen LogP contribution >= 0.6 is 38.5 Å². The Morgan fingerprint density at radius 2 is 1.81 bits per heavy atom. The molecule has 168 valence electrons. The molecule has 0 radical (unpaired) electrons. The first-order valence-electron chi connectivity index (χ1n) is 9.57. The van der Waals surface area contributed by atoms with Crippen molar-refractivity contribution >= 4 is 66.0 Å². The number of halogens is 2. The van der Waals surface area contributed by atoms with Crippen molar-refractivity contribution in [3.8, 4) is 0 Å². The lowest BCUT2D eigenvalue weighted by molar-refractivity contribution is -0.139. The molecule has 10 heteroatoms. The largest absolute Gasteiger partial charge is 0.355 e. The average molecular weight is 622 g/mol. The minimum atomic E-state index is -3.72. The summed E-state index contributed by atoms with van der Waals surface area (Å²) in [5.74, 6) is -0.770. The molecule has 2 aromatic rings. The molecule has 1 atom stereocenters. The summed E-state index contributed by atoms with van der Waals surface area (Å²) in [4.78, 5) is 27.2. The molecular formula is C21H25BrIN3O4S. The monoisotopic (exact) mass is 621 g/mol. The third-order valence-electron chi connectivity index (χ3n) is 4.55. The molecule has 2 aromatic carbocycles. The van der Waals surface area contributed by atoms with Gasteiger partial charge in [-0.3, -0.25) is 13.9 Å². The summed E-state index contributed by atoms with van der Waals surface area (Å²) in [5.41, 5.74) is 1.21. The number of nitrogens with zero attached hydrogens (tertiary/aromatic N) is 2. The Morgan fingerprint density at radius 1 is 1.16 bits per heavy atom. The van der Waals surface area contributed by atoms with Gasteiger partial charge in [-0.15, -0.1) is 0 Å². The minimum Gasteiger partial charge on any atom is -0.355 e. The van der Waals surface area contributed by atoms with Crippen molar-refractivity contribution in [1.82, 2.24) is 10.2 Å². The third-order valence-corrected chi connectivity index (χ3v) is 6.91. The van der Waals surface area contributed by atoms with E-state index in [0.717, 1.165) is 24.2 Å². The van der Waals surface area contributed by atoms with Gasteiger partial charge in [0.25, 0.3) is 0 Å². The van der Waals surface area contributed by atoms with Gasteiger partial charge in [0.1, 0.15) is 12.6 Å². The van der Waals surface area contributed by atoms with E-state index in [1.807, 2.05) is 24.3 Å². The predicted molar refractivity (Wildman–Crippen MR) is 134 cm³/mol. The van der Waals surface area contributed by atoms with Crippen LogP contribution in [0.4, 0.5) is 5.69 Å². The molecule has 0 aliphatic carbocycles. The molecule has 7 nitrogen and oxygen atoms in total. The van der Waals surface area contributed by atoms with Gasteiger partial charge >= 0.3 is 0 Å². The highest BCUT2D eigenvalue weighted by Crippen LogP contribution is 2.21. The number of amides is 2. The molecule has 0 saturated heterocycles. The number of hydrogen-bond acceptors (Lipinski definition) is 4. The summed E-state index contributed by atoms with van der Waals surface area (Å²) in [6, 6.07) is 13.5. The third kappa shape index (κ3) is 7.46. The van der Waals surface area contributed by atoms with E-state index < -0.39 is 28.5 Å². The first-order valence-corrected chi connectivity index (χ1v) is 13.3. The van der Waals surface area contributed by atoms with E-state index in [1.54, 1.807) is 38.1 Å². The van der Waals surface area contributed by atoms with E-state index in [-0.39, 0.29) is 12.5 Å². The van der Waals surface area contributed by atoms with Crippen LogP contribution in [-0.2, 0) is 26.2 Å². The van der Waals surface area contributed by atoms with Crippen molar-refractivity contribution in [2.24, 2.45) is 0 Å². The number of hydrogen-bond donors (Lipinski definition) is 1. The van der Waals surface area contributed by atoms with Crippen LogP contribution in [0.5, 0.6) is 0 Å². The molecule has 0 fully saturated rings. The first kappa shape index (κ1) is 25.6. The summed E-state index contributed by atoms with van der Waals surface area (Å²) < 4.78 is 27.8. The molecule has 0 heterocycles. The summed E-state index contributed by atoms with van der Waals surface area (Å²) in [7, 11) is -3.72. The predicted octanol–water partition coefficient (Wildman–Crippen LogP) is 3.37. The summed E-state index contributed by atoms with van der Waals surface area (Å²) >= 11 is 5.54. The van der Waals surface area contributed by atoms with Gasteiger partial charge in [0, 0.05) is 21.1 Å². The zero-order valence-electron chi connectivity index (χ0n) is 17.5. The fourth-order valence-electron chi connectivity index (χ4n) is 2.96. The van der Waals surface area contributed by atoms with Gasteiger partial charge in [-0.25, -0.2) is 8.42 Å². The van der Waals surface area contributed by atoms with Crippen molar-refractivity contribution in [2.75, 3.05) is 23.7 Å². The number of likely N-dealkylation sites (N-methyl/N-ethyl adjacent to an activating group) is 1. The van der Waals surface area contributed by atoms with Crippen molar-refractivity contribution in [2.45, 2.75) is 26.4 Å². The molecule has 0 saturated carbocycles. The molecule has 0 aromatic heterocycles. The number of sulfonamides is 1. The Kier molecular flexibility index (Phi) is 9.31. The molecule has 2 rings (SSSR count). The Balaban J connectivity index is 2.37. The van der Waals surface area contributed by atoms with Crippen LogP contribution < -0.4 is 9.62 Å². The molecule has 1 N–H and O–H groups in total. The van der Waals surface area contributed by atoms with Crippen LogP contribution in [-0.4, -0.2) is 50.5 Å². The van der Waals surface area contributed by atoms with E-state index in [9.17, 15) is 18.0 Å². The second kappa shape index (κ2) is 11.3. The van der Waals surface area contributed by atoms with Crippen LogP contribution in [0.2, 0.25) is 0 Å². The van der Waals surface area contributed by atoms with Gasteiger partial charge in [0.05, 0.1) is 11.9 Å². The number of rotatable bonds is 9. The fraction of sp³-hybridized carbons (Fsp3) is 0.333. The number of anilines is 1. The highest BCUT2D eigenvalue weighted by Gasteiger charge is 2.29. The lowest BCUT2D eigenvalue weighted by Crippen LogP contribution is -2.51. The maximum absolute atomic E-state index is 13.3. The van der Waals surface area contributed by atoms with Gasteiger partial charge in [-0.05, 0) is 78.4 Å². The van der Waals surface area contributed by atoms with Gasteiger partial charge in [0.15, 0.2) is 0 Å². The molecular weight excluding hydrogens is 597 g/mol. The average Bonchev–Trinajstić information content (AvgIpc) is 2.70. The number of carbonyl (C=O) groups is 2. The zero-order chi connectivity index (χ0) is 23.2. The van der Waals surface area contributed by atoms with Crippen molar-refractivity contribution < 1.29 is 18.0 Å². The van der Waals surface area contributed by atoms with Crippen LogP contribution in [0.1, 0.15) is 19.4 Å². The fourth-order valence-corrected chi connectivity index (χ4v) is 4.61. The topological polar surface area (TPSA) is 86.8 Å². The molecule has 0 aliphatic rings. The van der Waals surface area contributed by atoms with E-state index in [4.69, 9.17) is 0 Å². The van der Waals surface area contributed by atoms with Crippen molar-refractivity contribution in [3.05, 3.63) is 62.1 Å². The van der Waals surface area contributed by atoms with Gasteiger partial charge < -0.3 is 10.2 Å². The SMILES string of the molecule is CCNC(=O)[C@@H](C)N(Cc1cccc(Br)c1)C(=O)CN(c1ccc(I)cc1)S(C)(=O)=O. The van der Waals surface area contributed by atoms with E-state index in [0.29, 0.717) is 12.2 Å². The highest BCUT2D eigenvalue weighted by atomic mass is 127. The van der Waals surface area contributed by atoms with Crippen molar-refractivity contribution in [1.29, 1.82) is 0 Å². The van der Waals surface area contributed by atoms with Gasteiger partial charge in [-0.1, -0.05) is 28.1 Å². The molecule has 0 aliphatic heterocycles. The van der Waals surface area contributed by atoms with Crippen molar-refractivity contribution in [3.63, 3.8) is 0 Å². The molecule has 0 unspecified atom stereocenters. The summed E-state index contributed by atoms with van der Waals surface area (Å²) in [6.07, 6.45) is 1.06. The second-order valence-corrected chi connectivity index (χ2v) is 11.0. The van der Waals surface area contributed by atoms with Crippen LogP contribution in [0, 0.1) is 3.57 Å². The maximum Gasteiger partial charge on any atom is 0.244 e. The van der Waals surface area contributed by atoms with Crippen LogP contribution in [0.15, 0.2) is 53.0 Å².